The molecule has 2 rings (SSSR count). The van der Waals surface area contributed by atoms with Gasteiger partial charge in [-0.05, 0) is 25.0 Å². The Kier molecular flexibility index (Phi) is 5.14. The van der Waals surface area contributed by atoms with Gasteiger partial charge in [0.15, 0.2) is 0 Å². The van der Waals surface area contributed by atoms with E-state index in [9.17, 15) is 9.59 Å². The van der Waals surface area contributed by atoms with Crippen molar-refractivity contribution in [2.75, 3.05) is 0 Å². The van der Waals surface area contributed by atoms with Gasteiger partial charge >= 0.3 is 5.97 Å². The van der Waals surface area contributed by atoms with Gasteiger partial charge in [-0.25, -0.2) is 9.78 Å². The maximum atomic E-state index is 12.0. The van der Waals surface area contributed by atoms with Crippen molar-refractivity contribution in [3.05, 3.63) is 35.8 Å². The first-order valence-electron chi connectivity index (χ1n) is 7.46. The van der Waals surface area contributed by atoms with Crippen molar-refractivity contribution in [2.24, 2.45) is 0 Å². The highest BCUT2D eigenvalue weighted by Gasteiger charge is 2.19. The molecule has 0 aromatic carbocycles. The Hall–Kier alpha value is -2.37. The summed E-state index contributed by atoms with van der Waals surface area (Å²) in [4.78, 5) is 27.6. The maximum Gasteiger partial charge on any atom is 0.326 e. The molecular weight excluding hydrogens is 282 g/mol. The van der Waals surface area contributed by atoms with E-state index in [-0.39, 0.29) is 12.3 Å². The fourth-order valence-electron chi connectivity index (χ4n) is 2.37. The highest BCUT2D eigenvalue weighted by atomic mass is 16.4. The highest BCUT2D eigenvalue weighted by molar-refractivity contribution is 5.84. The molecule has 0 aliphatic carbocycles. The predicted molar refractivity (Wildman–Crippen MR) is 82.7 cm³/mol. The molecule has 0 bridgehead atoms. The second-order valence-electron chi connectivity index (χ2n) is 5.43. The van der Waals surface area contributed by atoms with Crippen LogP contribution in [0.5, 0.6) is 0 Å². The van der Waals surface area contributed by atoms with Crippen LogP contribution in [0.1, 0.15) is 37.4 Å². The Morgan fingerprint density at radius 1 is 1.45 bits per heavy atom. The van der Waals surface area contributed by atoms with Crippen LogP contribution in [0, 0.1) is 6.92 Å². The largest absolute Gasteiger partial charge is 0.480 e. The number of unbranched alkanes of at least 4 members (excludes halogenated alkanes) is 1. The lowest BCUT2D eigenvalue weighted by molar-refractivity contribution is -0.142. The molecule has 0 saturated carbocycles. The number of carbonyl (C=O) groups excluding carboxylic acids is 1. The number of aromatic nitrogens is 2. The molecule has 1 atom stereocenters. The zero-order valence-electron chi connectivity index (χ0n) is 12.9. The van der Waals surface area contributed by atoms with Crippen LogP contribution in [0.3, 0.4) is 0 Å². The first kappa shape index (κ1) is 16.0. The Balaban J connectivity index is 2.03. The number of nitrogens with zero attached hydrogens (tertiary/aromatic N) is 2. The minimum absolute atomic E-state index is 0.0804. The number of nitrogens with one attached hydrogen (secondary N) is 1. The topological polar surface area (TPSA) is 83.7 Å². The number of fused-ring (bicyclic) bond motifs is 1. The van der Waals surface area contributed by atoms with Gasteiger partial charge in [-0.2, -0.15) is 0 Å². The standard InChI is InChI=1S/C16H21N3O3/c1-3-4-7-13(16(21)22)18-14(20)9-12-10-19-8-5-6-11(2)15(19)17-12/h5-6,8,10,13H,3-4,7,9H2,1-2H3,(H,18,20)(H,21,22). The van der Waals surface area contributed by atoms with E-state index in [0.717, 1.165) is 24.1 Å². The van der Waals surface area contributed by atoms with E-state index >= 15 is 0 Å². The van der Waals surface area contributed by atoms with Crippen molar-refractivity contribution in [3.8, 4) is 0 Å². The molecule has 1 unspecified atom stereocenters. The average molecular weight is 303 g/mol. The summed E-state index contributed by atoms with van der Waals surface area (Å²) in [5, 5.41) is 11.7. The Bertz CT molecular complexity index is 678. The van der Waals surface area contributed by atoms with Gasteiger partial charge in [0.1, 0.15) is 11.7 Å². The first-order valence-corrected chi connectivity index (χ1v) is 7.46. The van der Waals surface area contributed by atoms with Gasteiger partial charge in [0, 0.05) is 12.4 Å². The Morgan fingerprint density at radius 2 is 2.23 bits per heavy atom. The molecule has 2 aromatic heterocycles. The highest BCUT2D eigenvalue weighted by Crippen LogP contribution is 2.10. The van der Waals surface area contributed by atoms with E-state index in [1.165, 1.54) is 0 Å². The lowest BCUT2D eigenvalue weighted by atomic mass is 10.1. The molecule has 0 aliphatic heterocycles. The zero-order chi connectivity index (χ0) is 16.1. The van der Waals surface area contributed by atoms with Gasteiger partial charge in [-0.1, -0.05) is 25.8 Å². The summed E-state index contributed by atoms with van der Waals surface area (Å²) in [5.41, 5.74) is 2.47. The number of imidazole rings is 1. The smallest absolute Gasteiger partial charge is 0.326 e. The second-order valence-corrected chi connectivity index (χ2v) is 5.43. The second kappa shape index (κ2) is 7.06. The Morgan fingerprint density at radius 3 is 2.86 bits per heavy atom. The molecule has 0 aliphatic rings. The molecule has 118 valence electrons. The summed E-state index contributed by atoms with van der Waals surface area (Å²) in [5.74, 6) is -1.31. The molecule has 2 heterocycles. The molecular formula is C16H21N3O3. The van der Waals surface area contributed by atoms with Gasteiger partial charge in [-0.3, -0.25) is 4.79 Å². The lowest BCUT2D eigenvalue weighted by Gasteiger charge is -2.13. The number of carbonyl (C=O) groups is 2. The van der Waals surface area contributed by atoms with Gasteiger partial charge < -0.3 is 14.8 Å². The lowest BCUT2D eigenvalue weighted by Crippen LogP contribution is -2.41. The van der Waals surface area contributed by atoms with Crippen molar-refractivity contribution < 1.29 is 14.7 Å². The van der Waals surface area contributed by atoms with Gasteiger partial charge in [0.05, 0.1) is 12.1 Å². The summed E-state index contributed by atoms with van der Waals surface area (Å²) >= 11 is 0. The summed E-state index contributed by atoms with van der Waals surface area (Å²) in [6.45, 7) is 3.94. The van der Waals surface area contributed by atoms with Crippen LogP contribution in [0.4, 0.5) is 0 Å². The number of carboxylic acid groups (broad SMARTS) is 1. The fourth-order valence-corrected chi connectivity index (χ4v) is 2.37. The van der Waals surface area contributed by atoms with Crippen LogP contribution in [0.25, 0.3) is 5.65 Å². The number of hydrogen-bond acceptors (Lipinski definition) is 3. The van der Waals surface area contributed by atoms with Crippen LogP contribution in [-0.4, -0.2) is 32.4 Å². The third-order valence-corrected chi connectivity index (χ3v) is 3.55. The molecule has 22 heavy (non-hydrogen) atoms. The van der Waals surface area contributed by atoms with Crippen molar-refractivity contribution in [3.63, 3.8) is 0 Å². The van der Waals surface area contributed by atoms with Gasteiger partial charge in [0.25, 0.3) is 0 Å². The van der Waals surface area contributed by atoms with Gasteiger partial charge in [0.2, 0.25) is 5.91 Å². The van der Waals surface area contributed by atoms with Crippen LogP contribution in [0.15, 0.2) is 24.5 Å². The van der Waals surface area contributed by atoms with E-state index in [0.29, 0.717) is 12.1 Å². The molecule has 6 heteroatoms. The van der Waals surface area contributed by atoms with E-state index < -0.39 is 12.0 Å². The summed E-state index contributed by atoms with van der Waals surface area (Å²) in [7, 11) is 0. The SMILES string of the molecule is CCCCC(NC(=O)Cc1cn2cccc(C)c2n1)C(=O)O. The minimum Gasteiger partial charge on any atom is -0.480 e. The number of pyridine rings is 1. The predicted octanol–water partition coefficient (Wildman–Crippen LogP) is 1.94. The van der Waals surface area contributed by atoms with Crippen molar-refractivity contribution in [1.82, 2.24) is 14.7 Å². The number of aryl methyl sites for hydroxylation is 1. The molecule has 1 amide bonds. The number of hydrogen-bond donors (Lipinski definition) is 2. The van der Waals surface area contributed by atoms with Crippen LogP contribution >= 0.6 is 0 Å². The van der Waals surface area contributed by atoms with Crippen molar-refractivity contribution in [1.29, 1.82) is 0 Å². The maximum absolute atomic E-state index is 12.0. The van der Waals surface area contributed by atoms with Crippen LogP contribution in [-0.2, 0) is 16.0 Å². The van der Waals surface area contributed by atoms with E-state index in [2.05, 4.69) is 10.3 Å². The van der Waals surface area contributed by atoms with E-state index in [4.69, 9.17) is 5.11 Å². The number of aliphatic carboxylic acids is 1. The fraction of sp³-hybridized carbons (Fsp3) is 0.438. The average Bonchev–Trinajstić information content (AvgIpc) is 2.87. The molecule has 2 N–H and O–H groups in total. The number of rotatable bonds is 7. The molecule has 0 saturated heterocycles. The first-order chi connectivity index (χ1) is 10.5. The molecule has 0 fully saturated rings. The molecule has 0 radical (unpaired) electrons. The van der Waals surface area contributed by atoms with Crippen LogP contribution < -0.4 is 5.32 Å². The van der Waals surface area contributed by atoms with Gasteiger partial charge in [-0.15, -0.1) is 0 Å². The zero-order valence-corrected chi connectivity index (χ0v) is 12.9. The summed E-state index contributed by atoms with van der Waals surface area (Å²) in [6.07, 6.45) is 5.86. The third kappa shape index (κ3) is 3.84. The van der Waals surface area contributed by atoms with E-state index in [1.54, 1.807) is 6.20 Å². The van der Waals surface area contributed by atoms with E-state index in [1.807, 2.05) is 36.6 Å². The monoisotopic (exact) mass is 303 g/mol. The molecule has 6 nitrogen and oxygen atoms in total. The normalized spacial score (nSPS) is 12.3. The van der Waals surface area contributed by atoms with Crippen molar-refractivity contribution >= 4 is 17.5 Å². The Labute approximate surface area is 129 Å². The third-order valence-electron chi connectivity index (χ3n) is 3.55. The molecule has 0 spiro atoms. The quantitative estimate of drug-likeness (QED) is 0.819. The molecule has 2 aromatic rings. The van der Waals surface area contributed by atoms with Crippen LogP contribution in [0.2, 0.25) is 0 Å². The minimum atomic E-state index is -0.993. The van der Waals surface area contributed by atoms with Crippen molar-refractivity contribution in [2.45, 2.75) is 45.6 Å². The number of carboxylic acids is 1. The number of amides is 1. The summed E-state index contributed by atoms with van der Waals surface area (Å²) < 4.78 is 1.86. The summed E-state index contributed by atoms with van der Waals surface area (Å²) in [6, 6.07) is 3.04.